The van der Waals surface area contributed by atoms with E-state index in [1.54, 1.807) is 23.9 Å². The average Bonchev–Trinajstić information content (AvgIpc) is 2.66. The molecule has 0 radical (unpaired) electrons. The lowest BCUT2D eigenvalue weighted by Crippen LogP contribution is -2.46. The van der Waals surface area contributed by atoms with Crippen molar-refractivity contribution in [1.29, 1.82) is 0 Å². The number of thioether (sulfide) groups is 1. The highest BCUT2D eigenvalue weighted by molar-refractivity contribution is 7.98. The van der Waals surface area contributed by atoms with Gasteiger partial charge in [0.05, 0.1) is 0 Å². The van der Waals surface area contributed by atoms with Crippen LogP contribution in [0.15, 0.2) is 29.4 Å². The van der Waals surface area contributed by atoms with E-state index in [2.05, 4.69) is 26.4 Å². The van der Waals surface area contributed by atoms with Gasteiger partial charge in [0.2, 0.25) is 0 Å². The van der Waals surface area contributed by atoms with Gasteiger partial charge >= 0.3 is 6.61 Å². The Labute approximate surface area is 162 Å². The van der Waals surface area contributed by atoms with Crippen molar-refractivity contribution in [2.75, 3.05) is 37.3 Å². The van der Waals surface area contributed by atoms with E-state index < -0.39 is 6.61 Å². The number of anilines is 1. The molecule has 27 heavy (non-hydrogen) atoms. The van der Waals surface area contributed by atoms with Crippen LogP contribution >= 0.6 is 11.8 Å². The Morgan fingerprint density at radius 1 is 1.07 bits per heavy atom. The number of hydrogen-bond acceptors (Lipinski definition) is 6. The van der Waals surface area contributed by atoms with Crippen LogP contribution < -0.4 is 9.64 Å². The molecule has 0 saturated carbocycles. The first-order chi connectivity index (χ1) is 13.0. The topological polar surface area (TPSA) is 41.5 Å². The minimum atomic E-state index is -2.79. The third-order valence-electron chi connectivity index (χ3n) is 4.75. The third kappa shape index (κ3) is 5.07. The summed E-state index contributed by atoms with van der Waals surface area (Å²) in [7, 11) is 0. The van der Waals surface area contributed by atoms with Crippen molar-refractivity contribution in [3.05, 3.63) is 41.1 Å². The number of hydrogen-bond donors (Lipinski definition) is 0. The molecule has 1 saturated heterocycles. The van der Waals surface area contributed by atoms with Gasteiger partial charge < -0.3 is 9.64 Å². The van der Waals surface area contributed by atoms with E-state index in [1.807, 2.05) is 25.3 Å². The molecule has 0 bridgehead atoms. The predicted octanol–water partition coefficient (Wildman–Crippen LogP) is 3.74. The quantitative estimate of drug-likeness (QED) is 0.549. The maximum atomic E-state index is 12.2. The fraction of sp³-hybridized carbons (Fsp3) is 0.474. The zero-order chi connectivity index (χ0) is 19.4. The maximum absolute atomic E-state index is 12.2. The van der Waals surface area contributed by atoms with E-state index in [-0.39, 0.29) is 5.75 Å². The number of benzene rings is 1. The van der Waals surface area contributed by atoms with E-state index >= 15 is 0 Å². The van der Waals surface area contributed by atoms with Gasteiger partial charge in [-0.15, -0.1) is 0 Å². The third-order valence-corrected chi connectivity index (χ3v) is 5.30. The summed E-state index contributed by atoms with van der Waals surface area (Å²) in [5.41, 5.74) is 3.25. The fourth-order valence-electron chi connectivity index (χ4n) is 3.14. The van der Waals surface area contributed by atoms with Crippen LogP contribution in [0.2, 0.25) is 0 Å². The molecule has 1 aromatic heterocycles. The summed E-state index contributed by atoms with van der Waals surface area (Å²) >= 11 is 1.56. The zero-order valence-electron chi connectivity index (χ0n) is 15.8. The van der Waals surface area contributed by atoms with E-state index in [0.29, 0.717) is 0 Å². The summed E-state index contributed by atoms with van der Waals surface area (Å²) in [6.45, 7) is 5.75. The highest BCUT2D eigenvalue weighted by Gasteiger charge is 2.21. The number of alkyl halides is 2. The second kappa shape index (κ2) is 8.84. The normalized spacial score (nSPS) is 15.4. The molecule has 3 rings (SSSR count). The minimum Gasteiger partial charge on any atom is -0.435 e. The van der Waals surface area contributed by atoms with Crippen molar-refractivity contribution in [2.45, 2.75) is 32.2 Å². The fourth-order valence-corrected chi connectivity index (χ4v) is 3.55. The molecule has 0 N–H and O–H groups in total. The zero-order valence-corrected chi connectivity index (χ0v) is 16.6. The first-order valence-electron chi connectivity index (χ1n) is 8.86. The van der Waals surface area contributed by atoms with Crippen molar-refractivity contribution in [2.24, 2.45) is 0 Å². The molecule has 8 heteroatoms. The van der Waals surface area contributed by atoms with E-state index in [0.717, 1.165) is 60.5 Å². The molecule has 5 nitrogen and oxygen atoms in total. The van der Waals surface area contributed by atoms with Crippen molar-refractivity contribution in [3.8, 4) is 5.75 Å². The highest BCUT2D eigenvalue weighted by Crippen LogP contribution is 2.24. The standard InChI is InChI=1S/C19H24F2N4OS/c1-13-14(2)22-19(27-3)23-17(13)25-10-8-24(9-11-25)12-15-4-6-16(7-5-15)26-18(20)21/h4-7,18H,8-12H2,1-3H3. The SMILES string of the molecule is CSc1nc(C)c(C)c(N2CCN(Cc3ccc(OC(F)F)cc3)CC2)n1. The second-order valence-electron chi connectivity index (χ2n) is 6.53. The van der Waals surface area contributed by atoms with Gasteiger partial charge in [0, 0.05) is 44.0 Å². The first-order valence-corrected chi connectivity index (χ1v) is 10.1. The average molecular weight is 394 g/mol. The monoisotopic (exact) mass is 394 g/mol. The molecule has 2 aromatic rings. The molecular formula is C19H24F2N4OS. The summed E-state index contributed by atoms with van der Waals surface area (Å²) in [5, 5.41) is 0.807. The lowest BCUT2D eigenvalue weighted by molar-refractivity contribution is -0.0498. The minimum absolute atomic E-state index is 0.192. The largest absolute Gasteiger partial charge is 0.435 e. The number of rotatable bonds is 6. The van der Waals surface area contributed by atoms with Gasteiger partial charge in [-0.05, 0) is 37.8 Å². The van der Waals surface area contributed by atoms with Crippen LogP contribution in [-0.2, 0) is 6.54 Å². The lowest BCUT2D eigenvalue weighted by atomic mass is 10.1. The Morgan fingerprint density at radius 2 is 1.74 bits per heavy atom. The summed E-state index contributed by atoms with van der Waals surface area (Å²) in [6.07, 6.45) is 1.99. The molecule has 1 aliphatic rings. The second-order valence-corrected chi connectivity index (χ2v) is 7.30. The molecular weight excluding hydrogens is 370 g/mol. The Morgan fingerprint density at radius 3 is 2.33 bits per heavy atom. The van der Waals surface area contributed by atoms with Gasteiger partial charge in [0.15, 0.2) is 5.16 Å². The molecule has 0 atom stereocenters. The summed E-state index contributed by atoms with van der Waals surface area (Å²) < 4.78 is 28.8. The van der Waals surface area contributed by atoms with Crippen LogP contribution in [0.1, 0.15) is 16.8 Å². The van der Waals surface area contributed by atoms with E-state index in [9.17, 15) is 8.78 Å². The van der Waals surface area contributed by atoms with Gasteiger partial charge in [0.1, 0.15) is 11.6 Å². The van der Waals surface area contributed by atoms with Crippen LogP contribution in [0.3, 0.4) is 0 Å². The molecule has 1 aliphatic heterocycles. The van der Waals surface area contributed by atoms with E-state index in [4.69, 9.17) is 4.98 Å². The molecule has 0 unspecified atom stereocenters. The first kappa shape index (κ1) is 19.8. The predicted molar refractivity (Wildman–Crippen MR) is 104 cm³/mol. The van der Waals surface area contributed by atoms with Crippen LogP contribution in [0, 0.1) is 13.8 Å². The molecule has 0 amide bonds. The van der Waals surface area contributed by atoms with E-state index in [1.165, 1.54) is 0 Å². The van der Waals surface area contributed by atoms with Gasteiger partial charge in [-0.25, -0.2) is 9.97 Å². The lowest BCUT2D eigenvalue weighted by Gasteiger charge is -2.36. The smallest absolute Gasteiger partial charge is 0.387 e. The molecule has 1 aromatic carbocycles. The molecule has 146 valence electrons. The highest BCUT2D eigenvalue weighted by atomic mass is 32.2. The Hall–Kier alpha value is -1.93. The van der Waals surface area contributed by atoms with Gasteiger partial charge in [-0.1, -0.05) is 23.9 Å². The maximum Gasteiger partial charge on any atom is 0.387 e. The van der Waals surface area contributed by atoms with Crippen molar-refractivity contribution in [1.82, 2.24) is 14.9 Å². The molecule has 2 heterocycles. The number of aromatic nitrogens is 2. The summed E-state index contributed by atoms with van der Waals surface area (Å²) in [5.74, 6) is 1.22. The van der Waals surface area contributed by atoms with Crippen LogP contribution in [0.4, 0.5) is 14.6 Å². The number of ether oxygens (including phenoxy) is 1. The van der Waals surface area contributed by atoms with Crippen molar-refractivity contribution < 1.29 is 13.5 Å². The van der Waals surface area contributed by atoms with Gasteiger partial charge in [0.25, 0.3) is 0 Å². The Balaban J connectivity index is 1.58. The van der Waals surface area contributed by atoms with Crippen LogP contribution in [0.5, 0.6) is 5.75 Å². The molecule has 0 spiro atoms. The van der Waals surface area contributed by atoms with Crippen LogP contribution in [-0.4, -0.2) is 53.9 Å². The van der Waals surface area contributed by atoms with Gasteiger partial charge in [-0.3, -0.25) is 4.90 Å². The van der Waals surface area contributed by atoms with Crippen molar-refractivity contribution >= 4 is 17.6 Å². The van der Waals surface area contributed by atoms with Crippen molar-refractivity contribution in [3.63, 3.8) is 0 Å². The Kier molecular flexibility index (Phi) is 6.49. The number of halogens is 2. The number of piperazine rings is 1. The van der Waals surface area contributed by atoms with Crippen LogP contribution in [0.25, 0.3) is 0 Å². The number of nitrogens with zero attached hydrogens (tertiary/aromatic N) is 4. The Bertz CT molecular complexity index is 765. The number of aryl methyl sites for hydroxylation is 1. The van der Waals surface area contributed by atoms with Gasteiger partial charge in [-0.2, -0.15) is 8.78 Å². The molecule has 0 aliphatic carbocycles. The summed E-state index contributed by atoms with van der Waals surface area (Å²) in [6, 6.07) is 6.86. The molecule has 1 fully saturated rings. The summed E-state index contributed by atoms with van der Waals surface area (Å²) in [4.78, 5) is 13.9.